The number of allylic oxidation sites excluding steroid dienone is 1. The summed E-state index contributed by atoms with van der Waals surface area (Å²) in [5.74, 6) is 0.568. The molecule has 28 heavy (non-hydrogen) atoms. The highest BCUT2D eigenvalue weighted by Gasteiger charge is 2.17. The largest absolute Gasteiger partial charge is 0.493 e. The number of hydrogen-bond acceptors (Lipinski definition) is 3. The maximum atomic E-state index is 12.5. The molecule has 1 heterocycles. The molecule has 1 amide bonds. The van der Waals surface area contributed by atoms with Crippen molar-refractivity contribution in [3.05, 3.63) is 69.9 Å². The van der Waals surface area contributed by atoms with Gasteiger partial charge in [-0.05, 0) is 56.5 Å². The zero-order valence-corrected chi connectivity index (χ0v) is 17.3. The zero-order chi connectivity index (χ0) is 20.3. The Bertz CT molecular complexity index is 1050. The molecule has 0 atom stereocenters. The summed E-state index contributed by atoms with van der Waals surface area (Å²) < 4.78 is 11.6. The summed E-state index contributed by atoms with van der Waals surface area (Å²) in [6.45, 7) is 8.74. The van der Waals surface area contributed by atoms with Crippen molar-refractivity contribution in [2.75, 3.05) is 6.61 Å². The Morgan fingerprint density at radius 3 is 2.75 bits per heavy atom. The smallest absolute Gasteiger partial charge is 0.244 e. The second-order valence-corrected chi connectivity index (χ2v) is 7.15. The minimum atomic E-state index is -0.179. The third-order valence-corrected chi connectivity index (χ3v) is 5.08. The van der Waals surface area contributed by atoms with Gasteiger partial charge in [-0.1, -0.05) is 29.8 Å². The van der Waals surface area contributed by atoms with Gasteiger partial charge in [0.05, 0.1) is 12.9 Å². The van der Waals surface area contributed by atoms with E-state index in [1.54, 1.807) is 12.3 Å². The fourth-order valence-electron chi connectivity index (χ4n) is 3.21. The van der Waals surface area contributed by atoms with E-state index in [-0.39, 0.29) is 5.91 Å². The van der Waals surface area contributed by atoms with Crippen LogP contribution in [-0.2, 0) is 11.3 Å². The fourth-order valence-corrected chi connectivity index (χ4v) is 3.41. The first-order valence-corrected chi connectivity index (χ1v) is 9.64. The van der Waals surface area contributed by atoms with E-state index in [4.69, 9.17) is 20.8 Å². The molecule has 0 saturated heterocycles. The number of furan rings is 1. The molecular formula is C23H24ClNO3. The predicted octanol–water partition coefficient (Wildman–Crippen LogP) is 5.82. The van der Waals surface area contributed by atoms with Crippen LogP contribution in [0.2, 0.25) is 5.02 Å². The quantitative estimate of drug-likeness (QED) is 0.533. The van der Waals surface area contributed by atoms with Gasteiger partial charge in [-0.15, -0.1) is 0 Å². The van der Waals surface area contributed by atoms with Gasteiger partial charge in [-0.2, -0.15) is 0 Å². The zero-order valence-electron chi connectivity index (χ0n) is 16.6. The molecule has 1 N–H and O–H groups in total. The van der Waals surface area contributed by atoms with E-state index >= 15 is 0 Å². The number of nitrogens with one attached hydrogen (secondary N) is 1. The van der Waals surface area contributed by atoms with Crippen molar-refractivity contribution in [3.8, 4) is 5.75 Å². The third-order valence-electron chi connectivity index (χ3n) is 4.71. The van der Waals surface area contributed by atoms with Crippen molar-refractivity contribution < 1.29 is 13.9 Å². The van der Waals surface area contributed by atoms with Crippen LogP contribution in [0.4, 0.5) is 0 Å². The Morgan fingerprint density at radius 2 is 2.04 bits per heavy atom. The molecule has 5 heteroatoms. The molecule has 3 rings (SSSR count). The summed E-state index contributed by atoms with van der Waals surface area (Å²) in [7, 11) is 0. The van der Waals surface area contributed by atoms with Crippen LogP contribution < -0.4 is 10.1 Å². The van der Waals surface area contributed by atoms with Crippen LogP contribution in [0.15, 0.2) is 47.1 Å². The molecule has 0 fully saturated rings. The first-order chi connectivity index (χ1) is 13.4. The van der Waals surface area contributed by atoms with Gasteiger partial charge in [0.1, 0.15) is 11.3 Å². The molecule has 0 bridgehead atoms. The molecule has 146 valence electrons. The minimum absolute atomic E-state index is 0.179. The number of benzene rings is 2. The molecule has 0 radical (unpaired) electrons. The Morgan fingerprint density at radius 1 is 1.29 bits per heavy atom. The number of hydrogen-bond donors (Lipinski definition) is 1. The van der Waals surface area contributed by atoms with Crippen LogP contribution in [0.25, 0.3) is 16.5 Å². The molecule has 2 aromatic carbocycles. The maximum absolute atomic E-state index is 12.5. The lowest BCUT2D eigenvalue weighted by molar-refractivity contribution is -0.116. The molecule has 0 aliphatic heterocycles. The number of rotatable bonds is 6. The van der Waals surface area contributed by atoms with Crippen molar-refractivity contribution >= 4 is 34.1 Å². The molecule has 3 aromatic rings. The van der Waals surface area contributed by atoms with Gasteiger partial charge < -0.3 is 14.5 Å². The molecule has 1 aromatic heterocycles. The van der Waals surface area contributed by atoms with Crippen LogP contribution >= 0.6 is 11.6 Å². The molecule has 4 nitrogen and oxygen atoms in total. The molecule has 0 aliphatic carbocycles. The Balaban J connectivity index is 1.89. The summed E-state index contributed by atoms with van der Waals surface area (Å²) in [6.07, 6.45) is 3.34. The van der Waals surface area contributed by atoms with Crippen LogP contribution in [0.3, 0.4) is 0 Å². The molecule has 0 saturated carbocycles. The summed E-state index contributed by atoms with van der Waals surface area (Å²) in [6, 6.07) is 9.49. The molecule has 0 aliphatic rings. The van der Waals surface area contributed by atoms with Crippen LogP contribution in [0.1, 0.15) is 36.1 Å². The van der Waals surface area contributed by atoms with E-state index in [0.717, 1.165) is 44.5 Å². The maximum Gasteiger partial charge on any atom is 0.244 e. The SMILES string of the molecule is CCOc1c(/C(C)=C/C(=O)NCc2ccccc2Cl)cc2c(C)coc2c1C. The Labute approximate surface area is 170 Å². The average molecular weight is 398 g/mol. The van der Waals surface area contributed by atoms with Gasteiger partial charge in [0.25, 0.3) is 0 Å². The average Bonchev–Trinajstić information content (AvgIpc) is 3.04. The minimum Gasteiger partial charge on any atom is -0.493 e. The second-order valence-electron chi connectivity index (χ2n) is 6.74. The monoisotopic (exact) mass is 397 g/mol. The van der Waals surface area contributed by atoms with Crippen molar-refractivity contribution in [1.29, 1.82) is 0 Å². The van der Waals surface area contributed by atoms with Crippen molar-refractivity contribution in [1.82, 2.24) is 5.32 Å². The van der Waals surface area contributed by atoms with E-state index in [0.29, 0.717) is 18.2 Å². The lowest BCUT2D eigenvalue weighted by atomic mass is 9.98. The van der Waals surface area contributed by atoms with Gasteiger partial charge in [-0.25, -0.2) is 0 Å². The lowest BCUT2D eigenvalue weighted by Crippen LogP contribution is -2.20. The number of amides is 1. The normalized spacial score (nSPS) is 11.7. The van der Waals surface area contributed by atoms with Crippen LogP contribution in [-0.4, -0.2) is 12.5 Å². The van der Waals surface area contributed by atoms with Gasteiger partial charge in [0.2, 0.25) is 5.91 Å². The van der Waals surface area contributed by atoms with Gasteiger partial charge >= 0.3 is 0 Å². The highest BCUT2D eigenvalue weighted by atomic mass is 35.5. The number of ether oxygens (including phenoxy) is 1. The van der Waals surface area contributed by atoms with E-state index in [1.165, 1.54) is 0 Å². The van der Waals surface area contributed by atoms with Crippen LogP contribution in [0.5, 0.6) is 5.75 Å². The molecule has 0 spiro atoms. The highest BCUT2D eigenvalue weighted by Crippen LogP contribution is 2.37. The summed E-state index contributed by atoms with van der Waals surface area (Å²) >= 11 is 6.15. The first kappa shape index (κ1) is 20.0. The van der Waals surface area contributed by atoms with E-state index in [1.807, 2.05) is 58.0 Å². The predicted molar refractivity (Wildman–Crippen MR) is 114 cm³/mol. The molecule has 0 unspecified atom stereocenters. The summed E-state index contributed by atoms with van der Waals surface area (Å²) in [5, 5.41) is 4.56. The van der Waals surface area contributed by atoms with Crippen molar-refractivity contribution in [2.45, 2.75) is 34.2 Å². The summed E-state index contributed by atoms with van der Waals surface area (Å²) in [4.78, 5) is 12.5. The topological polar surface area (TPSA) is 51.5 Å². The Hall–Kier alpha value is -2.72. The standard InChI is InChI=1S/C23H24ClNO3/c1-5-27-22-16(4)23-19(15(3)13-28-23)11-18(22)14(2)10-21(26)25-12-17-8-6-7-9-20(17)24/h6-11,13H,5,12H2,1-4H3,(H,25,26)/b14-10+. The van der Waals surface area contributed by atoms with Crippen molar-refractivity contribution in [3.63, 3.8) is 0 Å². The van der Waals surface area contributed by atoms with Crippen LogP contribution in [0, 0.1) is 13.8 Å². The van der Waals surface area contributed by atoms with E-state index in [2.05, 4.69) is 5.32 Å². The fraction of sp³-hybridized carbons (Fsp3) is 0.261. The summed E-state index contributed by atoms with van der Waals surface area (Å²) in [5.41, 5.74) is 5.41. The van der Waals surface area contributed by atoms with E-state index in [9.17, 15) is 4.79 Å². The number of carbonyl (C=O) groups excluding carboxylic acids is 1. The van der Waals surface area contributed by atoms with Gasteiger partial charge in [0.15, 0.2) is 0 Å². The van der Waals surface area contributed by atoms with Crippen molar-refractivity contribution in [2.24, 2.45) is 0 Å². The lowest BCUT2D eigenvalue weighted by Gasteiger charge is -2.14. The van der Waals surface area contributed by atoms with E-state index < -0.39 is 0 Å². The first-order valence-electron chi connectivity index (χ1n) is 9.26. The van der Waals surface area contributed by atoms with Gasteiger partial charge in [-0.3, -0.25) is 4.79 Å². The number of fused-ring (bicyclic) bond motifs is 1. The number of carbonyl (C=O) groups is 1. The third kappa shape index (κ3) is 4.07. The number of aryl methyl sites for hydroxylation is 2. The highest BCUT2D eigenvalue weighted by molar-refractivity contribution is 6.31. The number of halogens is 1. The van der Waals surface area contributed by atoms with Gasteiger partial charge in [0, 0.05) is 34.2 Å². The second kappa shape index (κ2) is 8.53. The molecular weight excluding hydrogens is 374 g/mol. The Kier molecular flexibility index (Phi) is 6.10.